The monoisotopic (exact) mass is 344 g/mol. The number of rotatable bonds is 9. The van der Waals surface area contributed by atoms with Crippen molar-refractivity contribution in [2.75, 3.05) is 14.2 Å². The zero-order valence-electron chi connectivity index (χ0n) is 15.7. The molecule has 0 N–H and O–H groups in total. The zero-order valence-corrected chi connectivity index (χ0v) is 15.7. The molecule has 2 aromatic carbocycles. The van der Waals surface area contributed by atoms with E-state index in [-0.39, 0.29) is 6.29 Å². The highest BCUT2D eigenvalue weighted by Gasteiger charge is 2.10. The summed E-state index contributed by atoms with van der Waals surface area (Å²) in [6.07, 6.45) is 0.768. The van der Waals surface area contributed by atoms with Crippen molar-refractivity contribution in [3.8, 4) is 17.2 Å². The van der Waals surface area contributed by atoms with E-state index in [0.29, 0.717) is 12.5 Å². The molecule has 0 amide bonds. The third kappa shape index (κ3) is 5.40. The molecule has 0 aromatic heterocycles. The predicted octanol–water partition coefficient (Wildman–Crippen LogP) is 5.16. The van der Waals surface area contributed by atoms with Crippen molar-refractivity contribution < 1.29 is 18.9 Å². The molecule has 4 nitrogen and oxygen atoms in total. The van der Waals surface area contributed by atoms with Gasteiger partial charge in [0.15, 0.2) is 6.29 Å². The second-order valence-corrected chi connectivity index (χ2v) is 6.05. The van der Waals surface area contributed by atoms with Gasteiger partial charge in [-0.05, 0) is 49.1 Å². The molecule has 0 fully saturated rings. The van der Waals surface area contributed by atoms with Crippen molar-refractivity contribution in [3.63, 3.8) is 0 Å². The van der Waals surface area contributed by atoms with Gasteiger partial charge in [0, 0.05) is 11.6 Å². The van der Waals surface area contributed by atoms with E-state index >= 15 is 0 Å². The average Bonchev–Trinajstić information content (AvgIpc) is 2.66. The molecular formula is C21H28O4. The Morgan fingerprint density at radius 3 is 2.16 bits per heavy atom. The van der Waals surface area contributed by atoms with E-state index in [9.17, 15) is 0 Å². The normalized spacial score (nSPS) is 13.2. The largest absolute Gasteiger partial charge is 0.497 e. The average molecular weight is 344 g/mol. The van der Waals surface area contributed by atoms with Crippen LogP contribution in [0.15, 0.2) is 42.5 Å². The summed E-state index contributed by atoms with van der Waals surface area (Å²) < 4.78 is 22.2. The summed E-state index contributed by atoms with van der Waals surface area (Å²) in [5.41, 5.74) is 2.28. The van der Waals surface area contributed by atoms with Crippen molar-refractivity contribution in [1.29, 1.82) is 0 Å². The van der Waals surface area contributed by atoms with Crippen LogP contribution in [-0.2, 0) is 11.3 Å². The number of hydrogen-bond acceptors (Lipinski definition) is 4. The molecule has 25 heavy (non-hydrogen) atoms. The Hall–Kier alpha value is -2.20. The Balaban J connectivity index is 1.91. The Labute approximate surface area is 150 Å². The topological polar surface area (TPSA) is 36.9 Å². The van der Waals surface area contributed by atoms with Crippen LogP contribution in [0.25, 0.3) is 0 Å². The Morgan fingerprint density at radius 2 is 1.56 bits per heavy atom. The number of ether oxygens (including phenoxy) is 4. The van der Waals surface area contributed by atoms with E-state index < -0.39 is 0 Å². The lowest BCUT2D eigenvalue weighted by Crippen LogP contribution is -2.16. The van der Waals surface area contributed by atoms with Gasteiger partial charge in [-0.15, -0.1) is 0 Å². The van der Waals surface area contributed by atoms with Crippen molar-refractivity contribution in [1.82, 2.24) is 0 Å². The molecule has 0 aliphatic carbocycles. The molecule has 0 spiro atoms. The smallest absolute Gasteiger partial charge is 0.197 e. The molecule has 0 radical (unpaired) electrons. The summed E-state index contributed by atoms with van der Waals surface area (Å²) in [5, 5.41) is 0. The molecule has 2 rings (SSSR count). The van der Waals surface area contributed by atoms with Gasteiger partial charge < -0.3 is 18.9 Å². The van der Waals surface area contributed by atoms with Crippen molar-refractivity contribution >= 4 is 0 Å². The minimum Gasteiger partial charge on any atom is -0.497 e. The SMILES string of the molecule is CCC(C)c1ccc(OC(C)OCc2ccc(OC)cc2OC)cc1. The van der Waals surface area contributed by atoms with E-state index in [2.05, 4.69) is 26.0 Å². The van der Waals surface area contributed by atoms with Crippen molar-refractivity contribution in [2.45, 2.75) is 46.0 Å². The fraction of sp³-hybridized carbons (Fsp3) is 0.429. The first-order chi connectivity index (χ1) is 12.1. The molecule has 2 atom stereocenters. The maximum atomic E-state index is 5.84. The van der Waals surface area contributed by atoms with Gasteiger partial charge in [-0.3, -0.25) is 0 Å². The molecular weight excluding hydrogens is 316 g/mol. The lowest BCUT2D eigenvalue weighted by molar-refractivity contribution is -0.0763. The lowest BCUT2D eigenvalue weighted by atomic mass is 9.99. The lowest BCUT2D eigenvalue weighted by Gasteiger charge is -2.17. The van der Waals surface area contributed by atoms with Gasteiger partial charge in [0.1, 0.15) is 17.2 Å². The Morgan fingerprint density at radius 1 is 0.880 bits per heavy atom. The van der Waals surface area contributed by atoms with E-state index in [1.54, 1.807) is 14.2 Å². The first-order valence-corrected chi connectivity index (χ1v) is 8.66. The summed E-state index contributed by atoms with van der Waals surface area (Å²) in [6.45, 7) is 6.71. The fourth-order valence-electron chi connectivity index (χ4n) is 2.51. The summed E-state index contributed by atoms with van der Waals surface area (Å²) in [7, 11) is 3.27. The van der Waals surface area contributed by atoms with Gasteiger partial charge in [0.25, 0.3) is 0 Å². The number of methoxy groups -OCH3 is 2. The minimum absolute atomic E-state index is 0.360. The molecule has 0 saturated carbocycles. The van der Waals surface area contributed by atoms with Gasteiger partial charge in [0.05, 0.1) is 20.8 Å². The Kier molecular flexibility index (Phi) is 7.14. The van der Waals surface area contributed by atoms with Crippen LogP contribution in [0.2, 0.25) is 0 Å². The molecule has 2 unspecified atom stereocenters. The second-order valence-electron chi connectivity index (χ2n) is 6.05. The van der Waals surface area contributed by atoms with Crippen LogP contribution < -0.4 is 14.2 Å². The maximum absolute atomic E-state index is 5.84. The standard InChI is InChI=1S/C21H28O4/c1-6-15(2)17-7-10-19(11-8-17)25-16(3)24-14-18-9-12-20(22-4)13-21(18)23-5/h7-13,15-16H,6,14H2,1-5H3. The van der Waals surface area contributed by atoms with E-state index in [1.807, 2.05) is 37.3 Å². The highest BCUT2D eigenvalue weighted by molar-refractivity contribution is 5.40. The van der Waals surface area contributed by atoms with E-state index in [4.69, 9.17) is 18.9 Å². The molecule has 0 aliphatic rings. The maximum Gasteiger partial charge on any atom is 0.197 e. The first-order valence-electron chi connectivity index (χ1n) is 8.66. The highest BCUT2D eigenvalue weighted by atomic mass is 16.7. The molecule has 136 valence electrons. The third-order valence-electron chi connectivity index (χ3n) is 4.33. The van der Waals surface area contributed by atoms with Gasteiger partial charge >= 0.3 is 0 Å². The first kappa shape index (κ1) is 19.1. The molecule has 0 aliphatic heterocycles. The summed E-state index contributed by atoms with van der Waals surface area (Å²) >= 11 is 0. The van der Waals surface area contributed by atoms with Gasteiger partial charge in [-0.2, -0.15) is 0 Å². The third-order valence-corrected chi connectivity index (χ3v) is 4.33. The van der Waals surface area contributed by atoms with Gasteiger partial charge in [-0.25, -0.2) is 0 Å². The quantitative estimate of drug-likeness (QED) is 0.589. The van der Waals surface area contributed by atoms with Crippen LogP contribution >= 0.6 is 0 Å². The molecule has 0 heterocycles. The van der Waals surface area contributed by atoms with Gasteiger partial charge in [-0.1, -0.05) is 26.0 Å². The predicted molar refractivity (Wildman–Crippen MR) is 99.6 cm³/mol. The van der Waals surface area contributed by atoms with Crippen molar-refractivity contribution in [2.24, 2.45) is 0 Å². The zero-order chi connectivity index (χ0) is 18.2. The van der Waals surface area contributed by atoms with Crippen LogP contribution in [0.4, 0.5) is 0 Å². The fourth-order valence-corrected chi connectivity index (χ4v) is 2.51. The number of benzene rings is 2. The highest BCUT2D eigenvalue weighted by Crippen LogP contribution is 2.26. The van der Waals surface area contributed by atoms with Crippen LogP contribution in [0.5, 0.6) is 17.2 Å². The second kappa shape index (κ2) is 9.33. The molecule has 2 aromatic rings. The van der Waals surface area contributed by atoms with E-state index in [1.165, 1.54) is 5.56 Å². The molecule has 0 bridgehead atoms. The summed E-state index contributed by atoms with van der Waals surface area (Å²) in [6, 6.07) is 13.9. The van der Waals surface area contributed by atoms with E-state index in [0.717, 1.165) is 29.2 Å². The van der Waals surface area contributed by atoms with Crippen LogP contribution in [0.3, 0.4) is 0 Å². The molecule has 4 heteroatoms. The summed E-state index contributed by atoms with van der Waals surface area (Å²) in [4.78, 5) is 0. The van der Waals surface area contributed by atoms with Crippen LogP contribution in [-0.4, -0.2) is 20.5 Å². The number of hydrogen-bond donors (Lipinski definition) is 0. The van der Waals surface area contributed by atoms with Crippen molar-refractivity contribution in [3.05, 3.63) is 53.6 Å². The minimum atomic E-state index is -0.360. The van der Waals surface area contributed by atoms with Crippen LogP contribution in [0, 0.1) is 0 Å². The summed E-state index contributed by atoms with van der Waals surface area (Å²) in [5.74, 6) is 2.86. The Bertz CT molecular complexity index is 651. The van der Waals surface area contributed by atoms with Crippen LogP contribution in [0.1, 0.15) is 44.2 Å². The molecule has 0 saturated heterocycles. The van der Waals surface area contributed by atoms with Gasteiger partial charge in [0.2, 0.25) is 0 Å².